The van der Waals surface area contributed by atoms with Crippen molar-refractivity contribution in [1.29, 1.82) is 0 Å². The number of nitrogens with zero attached hydrogens (tertiary/aromatic N) is 1. The molecule has 2 heterocycles. The lowest BCUT2D eigenvalue weighted by Gasteiger charge is -2.37. The number of carbonyl (C=O) groups excluding carboxylic acids is 1. The second-order valence-corrected chi connectivity index (χ2v) is 5.71. The molecule has 1 amide bonds. The fraction of sp³-hybridized carbons (Fsp3) is 0.438. The molecule has 20 heavy (non-hydrogen) atoms. The average Bonchev–Trinajstić information content (AvgIpc) is 2.94. The molecule has 0 radical (unpaired) electrons. The molecule has 1 fully saturated rings. The maximum Gasteiger partial charge on any atom is 0.254 e. The number of aliphatic hydroxyl groups excluding tert-OH is 1. The SMILES string of the molecule is CC1CCC(CO)CN1C(=O)c1ccc2[nH]ccc2c1. The molecule has 1 saturated heterocycles. The highest BCUT2D eigenvalue weighted by Gasteiger charge is 2.29. The first kappa shape index (κ1) is 13.2. The number of aromatic nitrogens is 1. The van der Waals surface area contributed by atoms with Crippen molar-refractivity contribution in [2.75, 3.05) is 13.2 Å². The van der Waals surface area contributed by atoms with Gasteiger partial charge in [0.15, 0.2) is 0 Å². The Hall–Kier alpha value is -1.81. The van der Waals surface area contributed by atoms with Gasteiger partial charge in [-0.05, 0) is 49.9 Å². The van der Waals surface area contributed by atoms with Crippen molar-refractivity contribution in [2.45, 2.75) is 25.8 Å². The van der Waals surface area contributed by atoms with Crippen LogP contribution < -0.4 is 0 Å². The van der Waals surface area contributed by atoms with E-state index in [-0.39, 0.29) is 24.5 Å². The Bertz CT molecular complexity index is 620. The molecule has 1 aromatic heterocycles. The van der Waals surface area contributed by atoms with E-state index in [4.69, 9.17) is 0 Å². The molecular weight excluding hydrogens is 252 g/mol. The van der Waals surface area contributed by atoms with Gasteiger partial charge in [0.2, 0.25) is 0 Å². The molecule has 1 aliphatic heterocycles. The van der Waals surface area contributed by atoms with Gasteiger partial charge in [-0.3, -0.25) is 4.79 Å². The van der Waals surface area contributed by atoms with E-state index in [1.165, 1.54) is 0 Å². The summed E-state index contributed by atoms with van der Waals surface area (Å²) < 4.78 is 0. The summed E-state index contributed by atoms with van der Waals surface area (Å²) in [6.45, 7) is 2.90. The summed E-state index contributed by atoms with van der Waals surface area (Å²) in [5.41, 5.74) is 1.77. The first-order valence-corrected chi connectivity index (χ1v) is 7.18. The predicted molar refractivity (Wildman–Crippen MR) is 78.6 cm³/mol. The zero-order valence-electron chi connectivity index (χ0n) is 11.7. The molecule has 2 aromatic rings. The molecule has 0 bridgehead atoms. The van der Waals surface area contributed by atoms with E-state index in [1.54, 1.807) is 0 Å². The Morgan fingerprint density at radius 1 is 1.40 bits per heavy atom. The molecule has 2 N–H and O–H groups in total. The number of H-pyrrole nitrogens is 1. The summed E-state index contributed by atoms with van der Waals surface area (Å²) >= 11 is 0. The van der Waals surface area contributed by atoms with Crippen molar-refractivity contribution in [1.82, 2.24) is 9.88 Å². The third-order valence-electron chi connectivity index (χ3n) is 4.30. The van der Waals surface area contributed by atoms with E-state index in [0.717, 1.165) is 29.3 Å². The lowest BCUT2D eigenvalue weighted by atomic mass is 9.93. The molecule has 0 spiro atoms. The van der Waals surface area contributed by atoms with Crippen molar-refractivity contribution in [3.8, 4) is 0 Å². The van der Waals surface area contributed by atoms with Crippen molar-refractivity contribution in [3.05, 3.63) is 36.0 Å². The van der Waals surface area contributed by atoms with Crippen LogP contribution in [0.5, 0.6) is 0 Å². The Morgan fingerprint density at radius 3 is 3.05 bits per heavy atom. The smallest absolute Gasteiger partial charge is 0.254 e. The molecule has 1 aliphatic rings. The maximum absolute atomic E-state index is 12.7. The molecule has 106 valence electrons. The number of likely N-dealkylation sites (tertiary alicyclic amines) is 1. The van der Waals surface area contributed by atoms with Crippen LogP contribution in [0.4, 0.5) is 0 Å². The monoisotopic (exact) mass is 272 g/mol. The summed E-state index contributed by atoms with van der Waals surface area (Å²) in [5, 5.41) is 10.4. The quantitative estimate of drug-likeness (QED) is 0.882. The Morgan fingerprint density at radius 2 is 2.25 bits per heavy atom. The molecule has 0 saturated carbocycles. The second-order valence-electron chi connectivity index (χ2n) is 5.71. The van der Waals surface area contributed by atoms with E-state index in [1.807, 2.05) is 35.4 Å². The summed E-state index contributed by atoms with van der Waals surface area (Å²) in [5.74, 6) is 0.282. The van der Waals surface area contributed by atoms with Crippen LogP contribution in [0, 0.1) is 5.92 Å². The minimum Gasteiger partial charge on any atom is -0.396 e. The van der Waals surface area contributed by atoms with Crippen LogP contribution in [-0.4, -0.2) is 40.1 Å². The third kappa shape index (κ3) is 2.31. The van der Waals surface area contributed by atoms with Crippen LogP contribution >= 0.6 is 0 Å². The summed E-state index contributed by atoms with van der Waals surface area (Å²) in [6.07, 6.45) is 3.84. The number of hydrogen-bond donors (Lipinski definition) is 2. The number of benzene rings is 1. The van der Waals surface area contributed by atoms with Crippen molar-refractivity contribution >= 4 is 16.8 Å². The lowest BCUT2D eigenvalue weighted by Crippen LogP contribution is -2.46. The van der Waals surface area contributed by atoms with Crippen LogP contribution in [-0.2, 0) is 0 Å². The number of nitrogens with one attached hydrogen (secondary N) is 1. The minimum atomic E-state index is 0.0683. The fourth-order valence-corrected chi connectivity index (χ4v) is 2.97. The van der Waals surface area contributed by atoms with E-state index in [2.05, 4.69) is 11.9 Å². The van der Waals surface area contributed by atoms with Crippen molar-refractivity contribution in [2.24, 2.45) is 5.92 Å². The zero-order valence-corrected chi connectivity index (χ0v) is 11.7. The van der Waals surface area contributed by atoms with Gasteiger partial charge < -0.3 is 15.0 Å². The lowest BCUT2D eigenvalue weighted by molar-refractivity contribution is 0.0489. The molecule has 4 heteroatoms. The molecule has 2 atom stereocenters. The zero-order chi connectivity index (χ0) is 14.1. The summed E-state index contributed by atoms with van der Waals surface area (Å²) in [7, 11) is 0. The molecule has 0 aliphatic carbocycles. The van der Waals surface area contributed by atoms with E-state index < -0.39 is 0 Å². The van der Waals surface area contributed by atoms with Crippen LogP contribution in [0.1, 0.15) is 30.1 Å². The first-order chi connectivity index (χ1) is 9.69. The van der Waals surface area contributed by atoms with E-state index in [0.29, 0.717) is 6.54 Å². The number of rotatable bonds is 2. The number of fused-ring (bicyclic) bond motifs is 1. The fourth-order valence-electron chi connectivity index (χ4n) is 2.97. The summed E-state index contributed by atoms with van der Waals surface area (Å²) in [6, 6.07) is 7.97. The number of aromatic amines is 1. The topological polar surface area (TPSA) is 56.3 Å². The van der Waals surface area contributed by atoms with Gasteiger partial charge >= 0.3 is 0 Å². The highest BCUT2D eigenvalue weighted by molar-refractivity contribution is 5.98. The second kappa shape index (κ2) is 5.29. The van der Waals surface area contributed by atoms with Crippen LogP contribution in [0.2, 0.25) is 0 Å². The highest BCUT2D eigenvalue weighted by Crippen LogP contribution is 2.24. The van der Waals surface area contributed by atoms with Crippen LogP contribution in [0.3, 0.4) is 0 Å². The number of piperidine rings is 1. The van der Waals surface area contributed by atoms with Crippen LogP contribution in [0.15, 0.2) is 30.5 Å². The number of aliphatic hydroxyl groups is 1. The van der Waals surface area contributed by atoms with Gasteiger partial charge in [0.25, 0.3) is 5.91 Å². The van der Waals surface area contributed by atoms with Crippen molar-refractivity contribution in [3.63, 3.8) is 0 Å². The van der Waals surface area contributed by atoms with Gasteiger partial charge in [0.05, 0.1) is 0 Å². The number of amides is 1. The minimum absolute atomic E-state index is 0.0683. The van der Waals surface area contributed by atoms with Crippen molar-refractivity contribution < 1.29 is 9.90 Å². The highest BCUT2D eigenvalue weighted by atomic mass is 16.3. The Balaban J connectivity index is 1.86. The molecule has 3 rings (SSSR count). The van der Waals surface area contributed by atoms with Crippen LogP contribution in [0.25, 0.3) is 10.9 Å². The maximum atomic E-state index is 12.7. The molecule has 4 nitrogen and oxygen atoms in total. The molecule has 1 aromatic carbocycles. The molecule has 2 unspecified atom stereocenters. The largest absolute Gasteiger partial charge is 0.396 e. The summed E-state index contributed by atoms with van der Waals surface area (Å²) in [4.78, 5) is 17.7. The number of hydrogen-bond acceptors (Lipinski definition) is 2. The predicted octanol–water partition coefficient (Wildman–Crippen LogP) is 2.40. The van der Waals surface area contributed by atoms with Gasteiger partial charge in [0, 0.05) is 41.9 Å². The Labute approximate surface area is 118 Å². The van der Waals surface area contributed by atoms with Gasteiger partial charge in [-0.15, -0.1) is 0 Å². The normalized spacial score (nSPS) is 23.2. The van der Waals surface area contributed by atoms with E-state index in [9.17, 15) is 9.90 Å². The first-order valence-electron chi connectivity index (χ1n) is 7.18. The van der Waals surface area contributed by atoms with Gasteiger partial charge in [0.1, 0.15) is 0 Å². The third-order valence-corrected chi connectivity index (χ3v) is 4.30. The standard InChI is InChI=1S/C16H20N2O2/c1-11-2-3-12(10-19)9-18(11)16(20)14-4-5-15-13(8-14)6-7-17-15/h4-8,11-12,17,19H,2-3,9-10H2,1H3. The van der Waals surface area contributed by atoms with E-state index >= 15 is 0 Å². The molecular formula is C16H20N2O2. The van der Waals surface area contributed by atoms with Gasteiger partial charge in [-0.2, -0.15) is 0 Å². The Kier molecular flexibility index (Phi) is 3.49. The number of carbonyl (C=O) groups is 1. The average molecular weight is 272 g/mol. The van der Waals surface area contributed by atoms with Gasteiger partial charge in [-0.1, -0.05) is 0 Å². The van der Waals surface area contributed by atoms with Gasteiger partial charge in [-0.25, -0.2) is 0 Å².